The molecule has 2 heterocycles. The van der Waals surface area contributed by atoms with E-state index in [-0.39, 0.29) is 6.10 Å². The summed E-state index contributed by atoms with van der Waals surface area (Å²) < 4.78 is 10.4. The van der Waals surface area contributed by atoms with Crippen molar-refractivity contribution in [2.24, 2.45) is 0 Å². The molecule has 0 bridgehead atoms. The van der Waals surface area contributed by atoms with Gasteiger partial charge in [-0.05, 0) is 23.6 Å². The van der Waals surface area contributed by atoms with Crippen LogP contribution in [0.4, 0.5) is 0 Å². The molecule has 14 heavy (non-hydrogen) atoms. The maximum absolute atomic E-state index is 9.50. The molecule has 0 radical (unpaired) electrons. The van der Waals surface area contributed by atoms with Gasteiger partial charge in [0.05, 0.1) is 13.2 Å². The fraction of sp³-hybridized carbons (Fsp3) is 0.455. The molecule has 0 aliphatic carbocycles. The Bertz CT molecular complexity index is 382. The van der Waals surface area contributed by atoms with Gasteiger partial charge in [0.2, 0.25) is 0 Å². The van der Waals surface area contributed by atoms with Gasteiger partial charge in [0, 0.05) is 5.56 Å². The van der Waals surface area contributed by atoms with Crippen molar-refractivity contribution in [2.45, 2.75) is 25.9 Å². The van der Waals surface area contributed by atoms with Crippen LogP contribution in [-0.2, 0) is 16.1 Å². The molecule has 0 saturated carbocycles. The Morgan fingerprint density at radius 3 is 2.71 bits per heavy atom. The second kappa shape index (κ2) is 2.79. The van der Waals surface area contributed by atoms with Gasteiger partial charge in [-0.15, -0.1) is 0 Å². The first-order chi connectivity index (χ1) is 6.77. The average Bonchev–Trinajstić information content (AvgIpc) is 2.93. The fourth-order valence-corrected chi connectivity index (χ4v) is 2.05. The monoisotopic (exact) mass is 192 g/mol. The summed E-state index contributed by atoms with van der Waals surface area (Å²) in [5.74, 6) is 0. The second-order valence-electron chi connectivity index (χ2n) is 3.83. The van der Waals surface area contributed by atoms with Crippen LogP contribution in [0.3, 0.4) is 0 Å². The lowest BCUT2D eigenvalue weighted by atomic mass is 9.97. The second-order valence-corrected chi connectivity index (χ2v) is 3.83. The third kappa shape index (κ3) is 1.10. The molecular formula is C11H12O3. The minimum atomic E-state index is -0.738. The van der Waals surface area contributed by atoms with Crippen LogP contribution in [0.1, 0.15) is 34.6 Å². The molecule has 2 aliphatic heterocycles. The zero-order chi connectivity index (χ0) is 9.71. The molecule has 0 amide bonds. The number of ether oxygens (including phenoxy) is 2. The summed E-state index contributed by atoms with van der Waals surface area (Å²) in [6, 6.07) is 3.97. The molecule has 0 aromatic heterocycles. The minimum absolute atomic E-state index is 0.276. The summed E-state index contributed by atoms with van der Waals surface area (Å²) in [7, 11) is 0. The lowest BCUT2D eigenvalue weighted by molar-refractivity contribution is -0.0918. The van der Waals surface area contributed by atoms with Crippen LogP contribution in [0.15, 0.2) is 12.1 Å². The summed E-state index contributed by atoms with van der Waals surface area (Å²) in [5.41, 5.74) is 4.49. The van der Waals surface area contributed by atoms with E-state index < -0.39 is 6.29 Å². The normalized spacial score (nSPS) is 29.0. The van der Waals surface area contributed by atoms with Crippen molar-refractivity contribution in [2.75, 3.05) is 6.61 Å². The van der Waals surface area contributed by atoms with Crippen LogP contribution >= 0.6 is 0 Å². The number of hydrogen-bond donors (Lipinski definition) is 1. The molecular weight excluding hydrogens is 180 g/mol. The quantitative estimate of drug-likeness (QED) is 0.687. The van der Waals surface area contributed by atoms with Gasteiger partial charge in [-0.3, -0.25) is 0 Å². The molecule has 3 heteroatoms. The van der Waals surface area contributed by atoms with Crippen molar-refractivity contribution in [3.8, 4) is 0 Å². The zero-order valence-electron chi connectivity index (χ0n) is 7.99. The standard InChI is InChI=1S/C11H12O3/c1-6-7(10-5-13-10)2-3-8-9(6)4-14-11(8)12/h2-3,10-12H,4-5H2,1H3. The van der Waals surface area contributed by atoms with Crippen molar-refractivity contribution < 1.29 is 14.6 Å². The van der Waals surface area contributed by atoms with Gasteiger partial charge in [0.1, 0.15) is 6.10 Å². The van der Waals surface area contributed by atoms with Crippen molar-refractivity contribution >= 4 is 0 Å². The number of aliphatic hydroxyl groups is 1. The molecule has 1 fully saturated rings. The molecule has 1 aromatic rings. The molecule has 1 saturated heterocycles. The van der Waals surface area contributed by atoms with Crippen LogP contribution in [0, 0.1) is 6.92 Å². The van der Waals surface area contributed by atoms with Crippen LogP contribution in [-0.4, -0.2) is 11.7 Å². The summed E-state index contributed by atoms with van der Waals surface area (Å²) in [5, 5.41) is 9.50. The third-order valence-electron chi connectivity index (χ3n) is 3.01. The minimum Gasteiger partial charge on any atom is -0.368 e. The maximum Gasteiger partial charge on any atom is 0.181 e. The highest BCUT2D eigenvalue weighted by Crippen LogP contribution is 2.38. The van der Waals surface area contributed by atoms with E-state index in [4.69, 9.17) is 9.47 Å². The lowest BCUT2D eigenvalue weighted by Crippen LogP contribution is -1.96. The lowest BCUT2D eigenvalue weighted by Gasteiger charge is -2.08. The van der Waals surface area contributed by atoms with Crippen molar-refractivity contribution in [1.29, 1.82) is 0 Å². The van der Waals surface area contributed by atoms with E-state index in [1.165, 1.54) is 11.1 Å². The molecule has 0 spiro atoms. The van der Waals surface area contributed by atoms with Crippen LogP contribution in [0.5, 0.6) is 0 Å². The predicted octanol–water partition coefficient (Wildman–Crippen LogP) is 1.59. The fourth-order valence-electron chi connectivity index (χ4n) is 2.05. The van der Waals surface area contributed by atoms with Crippen molar-refractivity contribution in [1.82, 2.24) is 0 Å². The molecule has 74 valence electrons. The van der Waals surface area contributed by atoms with E-state index in [0.717, 1.165) is 17.7 Å². The Morgan fingerprint density at radius 1 is 1.29 bits per heavy atom. The summed E-state index contributed by atoms with van der Waals surface area (Å²) in [6.07, 6.45) is -0.462. The van der Waals surface area contributed by atoms with E-state index in [1.54, 1.807) is 0 Å². The van der Waals surface area contributed by atoms with Gasteiger partial charge in [0.15, 0.2) is 6.29 Å². The molecule has 2 aliphatic rings. The zero-order valence-corrected chi connectivity index (χ0v) is 7.99. The van der Waals surface area contributed by atoms with Gasteiger partial charge < -0.3 is 14.6 Å². The number of fused-ring (bicyclic) bond motifs is 1. The highest BCUT2D eigenvalue weighted by atomic mass is 16.6. The van der Waals surface area contributed by atoms with E-state index in [9.17, 15) is 5.11 Å². The van der Waals surface area contributed by atoms with Gasteiger partial charge in [0.25, 0.3) is 0 Å². The Balaban J connectivity index is 2.12. The van der Waals surface area contributed by atoms with E-state index >= 15 is 0 Å². The van der Waals surface area contributed by atoms with Crippen LogP contribution in [0.2, 0.25) is 0 Å². The Kier molecular flexibility index (Phi) is 1.68. The number of aliphatic hydroxyl groups excluding tert-OH is 1. The highest BCUT2D eigenvalue weighted by molar-refractivity contribution is 5.44. The summed E-state index contributed by atoms with van der Waals surface area (Å²) >= 11 is 0. The van der Waals surface area contributed by atoms with Crippen LogP contribution < -0.4 is 0 Å². The van der Waals surface area contributed by atoms with Gasteiger partial charge in [-0.2, -0.15) is 0 Å². The molecule has 2 unspecified atom stereocenters. The number of rotatable bonds is 1. The van der Waals surface area contributed by atoms with Gasteiger partial charge in [-0.25, -0.2) is 0 Å². The predicted molar refractivity (Wildman–Crippen MR) is 49.6 cm³/mol. The molecule has 2 atom stereocenters. The Morgan fingerprint density at radius 2 is 2.00 bits per heavy atom. The first-order valence-electron chi connectivity index (χ1n) is 4.81. The Hall–Kier alpha value is -0.900. The smallest absolute Gasteiger partial charge is 0.181 e. The number of epoxide rings is 1. The number of hydrogen-bond acceptors (Lipinski definition) is 3. The third-order valence-corrected chi connectivity index (χ3v) is 3.01. The van der Waals surface area contributed by atoms with E-state index in [1.807, 2.05) is 12.1 Å². The number of benzene rings is 1. The highest BCUT2D eigenvalue weighted by Gasteiger charge is 2.30. The summed E-state index contributed by atoms with van der Waals surface area (Å²) in [6.45, 7) is 3.41. The van der Waals surface area contributed by atoms with Crippen molar-refractivity contribution in [3.05, 3.63) is 34.4 Å². The van der Waals surface area contributed by atoms with Gasteiger partial charge >= 0.3 is 0 Å². The maximum atomic E-state index is 9.50. The largest absolute Gasteiger partial charge is 0.368 e. The van der Waals surface area contributed by atoms with Crippen molar-refractivity contribution in [3.63, 3.8) is 0 Å². The SMILES string of the molecule is Cc1c(C2CO2)ccc2c1COC2O. The first-order valence-corrected chi connectivity index (χ1v) is 4.81. The molecule has 3 rings (SSSR count). The first kappa shape index (κ1) is 8.41. The molecule has 1 N–H and O–H groups in total. The van der Waals surface area contributed by atoms with E-state index in [2.05, 4.69) is 6.92 Å². The van der Waals surface area contributed by atoms with E-state index in [0.29, 0.717) is 6.61 Å². The molecule has 1 aromatic carbocycles. The van der Waals surface area contributed by atoms with Gasteiger partial charge in [-0.1, -0.05) is 12.1 Å². The Labute approximate surface area is 82.3 Å². The molecule has 3 nitrogen and oxygen atoms in total. The topological polar surface area (TPSA) is 42.0 Å². The average molecular weight is 192 g/mol. The van der Waals surface area contributed by atoms with Crippen LogP contribution in [0.25, 0.3) is 0 Å². The summed E-state index contributed by atoms with van der Waals surface area (Å²) in [4.78, 5) is 0.